The fraction of sp³-hybridized carbons (Fsp3) is 0.923. The van der Waals surface area contributed by atoms with E-state index in [1.54, 1.807) is 0 Å². The average molecular weight is 289 g/mol. The van der Waals surface area contributed by atoms with Gasteiger partial charge in [-0.3, -0.25) is 8.98 Å². The zero-order valence-corrected chi connectivity index (χ0v) is 12.4. The summed E-state index contributed by atoms with van der Waals surface area (Å²) in [6, 6.07) is 0.306. The molecule has 6 heteroatoms. The third kappa shape index (κ3) is 4.76. The van der Waals surface area contributed by atoms with Gasteiger partial charge < -0.3 is 5.32 Å². The van der Waals surface area contributed by atoms with Crippen LogP contribution in [0.4, 0.5) is 0 Å². The molecule has 0 aromatic rings. The highest BCUT2D eigenvalue weighted by Gasteiger charge is 2.44. The standard InChI is InChI=1S/C13H23NO4S/c1-9-3-5-11(6-4-9)14-13(15)12-7-10(12)8-18-19(2,16)17/h9-12H,3-8H2,1-2H3,(H,14,15)/t9?,10-,11?,12+/m0/s1. The van der Waals surface area contributed by atoms with Crippen molar-refractivity contribution in [2.45, 2.75) is 45.1 Å². The Morgan fingerprint density at radius 1 is 1.26 bits per heavy atom. The molecule has 5 nitrogen and oxygen atoms in total. The second-order valence-corrected chi connectivity index (χ2v) is 7.70. The topological polar surface area (TPSA) is 72.5 Å². The van der Waals surface area contributed by atoms with E-state index >= 15 is 0 Å². The van der Waals surface area contributed by atoms with Crippen LogP contribution in [0.15, 0.2) is 0 Å². The van der Waals surface area contributed by atoms with E-state index in [2.05, 4.69) is 12.2 Å². The number of carbonyl (C=O) groups excluding carboxylic acids is 1. The third-order valence-electron chi connectivity index (χ3n) is 4.12. The summed E-state index contributed by atoms with van der Waals surface area (Å²) < 4.78 is 26.5. The molecule has 0 bridgehead atoms. The van der Waals surface area contributed by atoms with Crippen molar-refractivity contribution in [3.8, 4) is 0 Å². The SMILES string of the molecule is CC1CCC(NC(=O)[C@@H]2C[C@H]2COS(C)(=O)=O)CC1. The van der Waals surface area contributed by atoms with Crippen molar-refractivity contribution in [1.29, 1.82) is 0 Å². The maximum atomic E-state index is 12.0. The van der Waals surface area contributed by atoms with Crippen LogP contribution in [-0.2, 0) is 19.1 Å². The first-order valence-corrected chi connectivity index (χ1v) is 8.81. The van der Waals surface area contributed by atoms with E-state index in [-0.39, 0.29) is 24.3 Å². The molecule has 2 atom stereocenters. The van der Waals surface area contributed by atoms with Crippen molar-refractivity contribution in [2.75, 3.05) is 12.9 Å². The fourth-order valence-corrected chi connectivity index (χ4v) is 3.10. The lowest BCUT2D eigenvalue weighted by molar-refractivity contribution is -0.123. The summed E-state index contributed by atoms with van der Waals surface area (Å²) in [7, 11) is -3.39. The van der Waals surface area contributed by atoms with Gasteiger partial charge in [-0.2, -0.15) is 8.42 Å². The minimum Gasteiger partial charge on any atom is -0.353 e. The van der Waals surface area contributed by atoms with Gasteiger partial charge >= 0.3 is 0 Å². The van der Waals surface area contributed by atoms with Gasteiger partial charge in [-0.1, -0.05) is 6.92 Å². The molecule has 0 radical (unpaired) electrons. The Balaban J connectivity index is 1.68. The van der Waals surface area contributed by atoms with Gasteiger partial charge in [0.15, 0.2) is 0 Å². The first-order valence-electron chi connectivity index (χ1n) is 7.00. The highest BCUT2D eigenvalue weighted by atomic mass is 32.2. The second-order valence-electron chi connectivity index (χ2n) is 6.06. The number of rotatable bonds is 5. The zero-order chi connectivity index (χ0) is 14.0. The Morgan fingerprint density at radius 3 is 2.47 bits per heavy atom. The minimum atomic E-state index is -3.39. The molecule has 2 saturated carbocycles. The third-order valence-corrected chi connectivity index (χ3v) is 4.68. The molecule has 0 heterocycles. The van der Waals surface area contributed by atoms with E-state index in [9.17, 15) is 13.2 Å². The maximum absolute atomic E-state index is 12.0. The molecular formula is C13H23NO4S. The van der Waals surface area contributed by atoms with Crippen LogP contribution in [0.5, 0.6) is 0 Å². The van der Waals surface area contributed by atoms with Crippen molar-refractivity contribution < 1.29 is 17.4 Å². The average Bonchev–Trinajstić information content (AvgIpc) is 3.08. The molecule has 2 fully saturated rings. The van der Waals surface area contributed by atoms with Crippen molar-refractivity contribution in [1.82, 2.24) is 5.32 Å². The summed E-state index contributed by atoms with van der Waals surface area (Å²) >= 11 is 0. The molecule has 2 aliphatic carbocycles. The zero-order valence-electron chi connectivity index (χ0n) is 11.6. The predicted molar refractivity (Wildman–Crippen MR) is 72.0 cm³/mol. The maximum Gasteiger partial charge on any atom is 0.264 e. The van der Waals surface area contributed by atoms with Gasteiger partial charge in [0.25, 0.3) is 10.1 Å². The van der Waals surface area contributed by atoms with Gasteiger partial charge in [0.2, 0.25) is 5.91 Å². The molecule has 0 spiro atoms. The summed E-state index contributed by atoms with van der Waals surface area (Å²) in [5.41, 5.74) is 0. The molecule has 1 N–H and O–H groups in total. The van der Waals surface area contributed by atoms with Crippen molar-refractivity contribution in [2.24, 2.45) is 17.8 Å². The lowest BCUT2D eigenvalue weighted by atomic mass is 9.87. The summed E-state index contributed by atoms with van der Waals surface area (Å²) in [6.45, 7) is 2.39. The van der Waals surface area contributed by atoms with Gasteiger partial charge in [0.1, 0.15) is 0 Å². The molecule has 110 valence electrons. The Labute approximate surface area is 115 Å². The summed E-state index contributed by atoms with van der Waals surface area (Å²) in [5, 5.41) is 3.08. The molecule has 0 aliphatic heterocycles. The van der Waals surface area contributed by atoms with Gasteiger partial charge in [-0.05, 0) is 43.9 Å². The lowest BCUT2D eigenvalue weighted by Crippen LogP contribution is -2.38. The molecule has 2 aliphatic rings. The van der Waals surface area contributed by atoms with Crippen LogP contribution in [0, 0.1) is 17.8 Å². The Morgan fingerprint density at radius 2 is 1.89 bits per heavy atom. The van der Waals surface area contributed by atoms with E-state index in [1.165, 1.54) is 12.8 Å². The summed E-state index contributed by atoms with van der Waals surface area (Å²) in [4.78, 5) is 12.0. The Hall–Kier alpha value is -0.620. The summed E-state index contributed by atoms with van der Waals surface area (Å²) in [6.07, 6.45) is 6.25. The molecule has 0 unspecified atom stereocenters. The van der Waals surface area contributed by atoms with Crippen LogP contribution >= 0.6 is 0 Å². The minimum absolute atomic E-state index is 0.0545. The number of hydrogen-bond acceptors (Lipinski definition) is 4. The molecular weight excluding hydrogens is 266 g/mol. The number of amides is 1. The van der Waals surface area contributed by atoms with Crippen molar-refractivity contribution in [3.63, 3.8) is 0 Å². The quantitative estimate of drug-likeness (QED) is 0.774. The smallest absolute Gasteiger partial charge is 0.264 e. The molecule has 1 amide bonds. The molecule has 0 aromatic carbocycles. The van der Waals surface area contributed by atoms with Gasteiger partial charge in [0, 0.05) is 12.0 Å². The van der Waals surface area contributed by atoms with Crippen molar-refractivity contribution >= 4 is 16.0 Å². The van der Waals surface area contributed by atoms with Crippen molar-refractivity contribution in [3.05, 3.63) is 0 Å². The first-order chi connectivity index (χ1) is 8.85. The largest absolute Gasteiger partial charge is 0.353 e. The van der Waals surface area contributed by atoms with E-state index in [0.29, 0.717) is 6.04 Å². The van der Waals surface area contributed by atoms with Crippen LogP contribution in [-0.4, -0.2) is 33.2 Å². The van der Waals surface area contributed by atoms with Crippen LogP contribution in [0.25, 0.3) is 0 Å². The van der Waals surface area contributed by atoms with E-state index in [4.69, 9.17) is 4.18 Å². The van der Waals surface area contributed by atoms with Gasteiger partial charge in [-0.15, -0.1) is 0 Å². The lowest BCUT2D eigenvalue weighted by Gasteiger charge is -2.27. The fourth-order valence-electron chi connectivity index (χ4n) is 2.68. The monoisotopic (exact) mass is 289 g/mol. The van der Waals surface area contributed by atoms with Gasteiger partial charge in [0.05, 0.1) is 12.9 Å². The number of hydrogen-bond donors (Lipinski definition) is 1. The first kappa shape index (κ1) is 14.8. The van der Waals surface area contributed by atoms with Crippen LogP contribution in [0.2, 0.25) is 0 Å². The number of nitrogens with one attached hydrogen (secondary N) is 1. The van der Waals surface area contributed by atoms with Crippen LogP contribution in [0.3, 0.4) is 0 Å². The van der Waals surface area contributed by atoms with Crippen LogP contribution in [0.1, 0.15) is 39.0 Å². The highest BCUT2D eigenvalue weighted by molar-refractivity contribution is 7.85. The van der Waals surface area contributed by atoms with Crippen LogP contribution < -0.4 is 5.32 Å². The Kier molecular flexibility index (Phi) is 4.50. The second kappa shape index (κ2) is 5.79. The normalized spacial score (nSPS) is 34.8. The van der Waals surface area contributed by atoms with E-state index in [1.807, 2.05) is 0 Å². The highest BCUT2D eigenvalue weighted by Crippen LogP contribution is 2.39. The molecule has 0 saturated heterocycles. The summed E-state index contributed by atoms with van der Waals surface area (Å²) in [5.74, 6) is 0.852. The predicted octanol–water partition coefficient (Wildman–Crippen LogP) is 1.29. The van der Waals surface area contributed by atoms with Gasteiger partial charge in [-0.25, -0.2) is 0 Å². The molecule has 2 rings (SSSR count). The number of carbonyl (C=O) groups is 1. The molecule has 19 heavy (non-hydrogen) atoms. The Bertz CT molecular complexity index is 426. The van der Waals surface area contributed by atoms with E-state index < -0.39 is 10.1 Å². The molecule has 0 aromatic heterocycles. The van der Waals surface area contributed by atoms with E-state index in [0.717, 1.165) is 31.4 Å².